The average Bonchev–Trinajstić information content (AvgIpc) is 3.31. The molecule has 2 atom stereocenters. The summed E-state index contributed by atoms with van der Waals surface area (Å²) >= 11 is 0. The maximum atomic E-state index is 13.0. The van der Waals surface area contributed by atoms with Crippen LogP contribution in [0.5, 0.6) is 11.5 Å². The Morgan fingerprint density at radius 3 is 2.13 bits per heavy atom. The number of benzene rings is 1. The fraction of sp³-hybridized carbons (Fsp3) is 0.522. The highest BCUT2D eigenvalue weighted by Gasteiger charge is 2.42. The second-order valence-electron chi connectivity index (χ2n) is 9.23. The van der Waals surface area contributed by atoms with Crippen LogP contribution in [-0.4, -0.2) is 61.4 Å². The molecule has 2 fully saturated rings. The Morgan fingerprint density at radius 2 is 1.60 bits per heavy atom. The van der Waals surface area contributed by atoms with E-state index in [1.807, 2.05) is 4.90 Å². The summed E-state index contributed by atoms with van der Waals surface area (Å²) in [6.07, 6.45) is 0. The minimum absolute atomic E-state index is 0.00194. The summed E-state index contributed by atoms with van der Waals surface area (Å²) in [6.45, 7) is 9.76. The Hall–Kier alpha value is -2.83. The molecule has 4 rings (SSSR count). The molecular formula is C23H30N4O3. The largest absolute Gasteiger partial charge is 0.493 e. The molecule has 2 aliphatic rings. The highest BCUT2D eigenvalue weighted by Crippen LogP contribution is 2.35. The molecule has 2 aromatic rings. The van der Waals surface area contributed by atoms with Gasteiger partial charge in [0.1, 0.15) is 0 Å². The first kappa shape index (κ1) is 20.4. The molecule has 30 heavy (non-hydrogen) atoms. The van der Waals surface area contributed by atoms with Crippen LogP contribution in [0.2, 0.25) is 0 Å². The molecule has 0 N–H and O–H groups in total. The van der Waals surface area contributed by atoms with Crippen LogP contribution < -0.4 is 14.4 Å². The van der Waals surface area contributed by atoms with E-state index in [4.69, 9.17) is 9.47 Å². The van der Waals surface area contributed by atoms with Crippen molar-refractivity contribution in [2.45, 2.75) is 26.2 Å². The highest BCUT2D eigenvalue weighted by atomic mass is 16.5. The quantitative estimate of drug-likeness (QED) is 0.772. The number of aromatic nitrogens is 2. The predicted molar refractivity (Wildman–Crippen MR) is 115 cm³/mol. The van der Waals surface area contributed by atoms with Gasteiger partial charge in [0.25, 0.3) is 5.91 Å². The summed E-state index contributed by atoms with van der Waals surface area (Å²) in [4.78, 5) is 17.3. The monoisotopic (exact) mass is 410 g/mol. The molecule has 0 spiro atoms. The molecule has 1 aromatic heterocycles. The van der Waals surface area contributed by atoms with Gasteiger partial charge in [0.05, 0.1) is 19.9 Å². The maximum absolute atomic E-state index is 13.0. The van der Waals surface area contributed by atoms with Crippen LogP contribution >= 0.6 is 0 Å². The summed E-state index contributed by atoms with van der Waals surface area (Å²) < 4.78 is 10.6. The van der Waals surface area contributed by atoms with Crippen molar-refractivity contribution in [3.63, 3.8) is 0 Å². The fourth-order valence-corrected chi connectivity index (χ4v) is 4.39. The molecule has 7 nitrogen and oxygen atoms in total. The predicted octanol–water partition coefficient (Wildman–Crippen LogP) is 3.00. The molecule has 0 radical (unpaired) electrons. The second-order valence-corrected chi connectivity index (χ2v) is 9.23. The third-order valence-electron chi connectivity index (χ3n) is 6.15. The molecule has 160 valence electrons. The first-order chi connectivity index (χ1) is 14.3. The number of amides is 1. The van der Waals surface area contributed by atoms with Crippen molar-refractivity contribution in [3.05, 3.63) is 41.6 Å². The van der Waals surface area contributed by atoms with E-state index in [-0.39, 0.29) is 11.3 Å². The van der Waals surface area contributed by atoms with Crippen molar-refractivity contribution in [1.29, 1.82) is 0 Å². The van der Waals surface area contributed by atoms with Crippen LogP contribution in [0.1, 0.15) is 36.8 Å². The molecule has 1 aromatic carbocycles. The zero-order valence-electron chi connectivity index (χ0n) is 18.4. The number of carbonyl (C=O) groups is 1. The molecule has 1 amide bonds. The van der Waals surface area contributed by atoms with E-state index < -0.39 is 0 Å². The Bertz CT molecular complexity index is 909. The number of likely N-dealkylation sites (tertiary alicyclic amines) is 1. The molecule has 2 unspecified atom stereocenters. The zero-order chi connectivity index (χ0) is 21.5. The smallest absolute Gasteiger partial charge is 0.254 e. The van der Waals surface area contributed by atoms with Gasteiger partial charge in [0, 0.05) is 49.0 Å². The number of nitrogens with zero attached hydrogens (tertiary/aromatic N) is 4. The summed E-state index contributed by atoms with van der Waals surface area (Å²) in [5.41, 5.74) is 1.63. The van der Waals surface area contributed by atoms with E-state index in [1.165, 1.54) is 0 Å². The molecule has 0 aliphatic carbocycles. The summed E-state index contributed by atoms with van der Waals surface area (Å²) in [6, 6.07) is 9.49. The van der Waals surface area contributed by atoms with E-state index in [9.17, 15) is 4.79 Å². The van der Waals surface area contributed by atoms with Crippen LogP contribution in [-0.2, 0) is 5.41 Å². The van der Waals surface area contributed by atoms with E-state index >= 15 is 0 Å². The van der Waals surface area contributed by atoms with Gasteiger partial charge in [-0.1, -0.05) is 20.8 Å². The van der Waals surface area contributed by atoms with Crippen molar-refractivity contribution < 1.29 is 14.3 Å². The minimum atomic E-state index is -0.00194. The molecule has 2 saturated heterocycles. The number of rotatable bonds is 4. The number of carbonyl (C=O) groups excluding carboxylic acids is 1. The molecular weight excluding hydrogens is 380 g/mol. The highest BCUT2D eigenvalue weighted by molar-refractivity contribution is 5.95. The Kier molecular flexibility index (Phi) is 5.30. The van der Waals surface area contributed by atoms with E-state index in [2.05, 4.69) is 48.0 Å². The van der Waals surface area contributed by atoms with Gasteiger partial charge in [0.15, 0.2) is 17.3 Å². The number of fused-ring (bicyclic) bond motifs is 1. The van der Waals surface area contributed by atoms with Gasteiger partial charge in [-0.15, -0.1) is 5.10 Å². The number of hydrogen-bond acceptors (Lipinski definition) is 6. The van der Waals surface area contributed by atoms with Gasteiger partial charge in [-0.05, 0) is 30.3 Å². The summed E-state index contributed by atoms with van der Waals surface area (Å²) in [5, 5.41) is 8.88. The van der Waals surface area contributed by atoms with E-state index in [0.717, 1.165) is 37.7 Å². The fourth-order valence-electron chi connectivity index (χ4n) is 4.39. The van der Waals surface area contributed by atoms with Gasteiger partial charge < -0.3 is 19.3 Å². The van der Waals surface area contributed by atoms with Crippen molar-refractivity contribution >= 4 is 11.7 Å². The lowest BCUT2D eigenvalue weighted by Gasteiger charge is -2.23. The first-order valence-corrected chi connectivity index (χ1v) is 10.4. The van der Waals surface area contributed by atoms with Gasteiger partial charge in [-0.25, -0.2) is 0 Å². The Morgan fingerprint density at radius 1 is 0.933 bits per heavy atom. The van der Waals surface area contributed by atoms with Crippen molar-refractivity contribution in [1.82, 2.24) is 15.1 Å². The SMILES string of the molecule is COc1ccc(C(=O)N2CC3CN(c4ccc(C(C)(C)C)nn4)CC3C2)cc1OC. The lowest BCUT2D eigenvalue weighted by molar-refractivity contribution is 0.0782. The second kappa shape index (κ2) is 7.78. The lowest BCUT2D eigenvalue weighted by Crippen LogP contribution is -2.33. The van der Waals surface area contributed by atoms with Crippen LogP contribution in [0.4, 0.5) is 5.82 Å². The van der Waals surface area contributed by atoms with E-state index in [1.54, 1.807) is 32.4 Å². The van der Waals surface area contributed by atoms with Crippen LogP contribution in [0.25, 0.3) is 0 Å². The lowest BCUT2D eigenvalue weighted by atomic mass is 9.92. The standard InChI is InChI=1S/C23H30N4O3/c1-23(2,3)20-8-9-21(25-24-20)26-11-16-13-27(14-17(16)12-26)22(28)15-6-7-18(29-4)19(10-15)30-5/h6-10,16-17H,11-14H2,1-5H3. The van der Waals surface area contributed by atoms with Gasteiger partial charge >= 0.3 is 0 Å². The first-order valence-electron chi connectivity index (χ1n) is 10.4. The minimum Gasteiger partial charge on any atom is -0.493 e. The number of methoxy groups -OCH3 is 2. The third kappa shape index (κ3) is 3.80. The van der Waals surface area contributed by atoms with E-state index in [0.29, 0.717) is 28.9 Å². The van der Waals surface area contributed by atoms with Crippen LogP contribution in [0.15, 0.2) is 30.3 Å². The van der Waals surface area contributed by atoms with Crippen LogP contribution in [0.3, 0.4) is 0 Å². The summed E-state index contributed by atoms with van der Waals surface area (Å²) in [5.74, 6) is 3.09. The maximum Gasteiger partial charge on any atom is 0.254 e. The molecule has 3 heterocycles. The molecule has 0 saturated carbocycles. The molecule has 2 aliphatic heterocycles. The molecule has 0 bridgehead atoms. The topological polar surface area (TPSA) is 67.8 Å². The van der Waals surface area contributed by atoms with Gasteiger partial charge in [-0.3, -0.25) is 4.79 Å². The molecule has 7 heteroatoms. The van der Waals surface area contributed by atoms with Gasteiger partial charge in [-0.2, -0.15) is 5.10 Å². The number of anilines is 1. The summed E-state index contributed by atoms with van der Waals surface area (Å²) in [7, 11) is 3.17. The van der Waals surface area contributed by atoms with Crippen molar-refractivity contribution in [2.75, 3.05) is 45.3 Å². The number of hydrogen-bond donors (Lipinski definition) is 0. The van der Waals surface area contributed by atoms with Crippen molar-refractivity contribution in [2.24, 2.45) is 11.8 Å². The average molecular weight is 411 g/mol. The third-order valence-corrected chi connectivity index (χ3v) is 6.15. The Labute approximate surface area is 178 Å². The zero-order valence-corrected chi connectivity index (χ0v) is 18.4. The normalized spacial score (nSPS) is 21.0. The number of ether oxygens (including phenoxy) is 2. The van der Waals surface area contributed by atoms with Crippen molar-refractivity contribution in [3.8, 4) is 11.5 Å². The Balaban J connectivity index is 1.40. The van der Waals surface area contributed by atoms with Gasteiger partial charge in [0.2, 0.25) is 0 Å². The van der Waals surface area contributed by atoms with Crippen LogP contribution in [0, 0.1) is 11.8 Å².